The average Bonchev–Trinajstić information content (AvgIpc) is 2.14. The third kappa shape index (κ3) is 3.14. The number of rotatable bonds is 1. The van der Waals surface area contributed by atoms with Gasteiger partial charge in [0.1, 0.15) is 11.6 Å². The minimum absolute atomic E-state index is 0.338. The highest BCUT2D eigenvalue weighted by atomic mass is 35.5. The maximum Gasteiger partial charge on any atom is 0.225 e. The highest BCUT2D eigenvalue weighted by Gasteiger charge is 2.17. The van der Waals surface area contributed by atoms with Crippen molar-refractivity contribution in [1.82, 2.24) is 15.0 Å². The number of nitrogens with zero attached hydrogens (tertiary/aromatic N) is 3. The molecule has 1 aliphatic carbocycles. The molecule has 0 bridgehead atoms. The number of aromatic nitrogens is 3. The van der Waals surface area contributed by atoms with E-state index in [0.717, 1.165) is 11.6 Å². The predicted octanol–water partition coefficient (Wildman–Crippen LogP) is 3.66. The van der Waals surface area contributed by atoms with Crippen molar-refractivity contribution in [2.45, 2.75) is 57.8 Å². The lowest BCUT2D eigenvalue weighted by molar-refractivity contribution is 0.440. The van der Waals surface area contributed by atoms with E-state index in [0.29, 0.717) is 11.2 Å². The van der Waals surface area contributed by atoms with Gasteiger partial charge in [0.2, 0.25) is 5.28 Å². The Hall–Kier alpha value is -0.700. The molecule has 1 aromatic rings. The van der Waals surface area contributed by atoms with Crippen LogP contribution in [0.5, 0.6) is 0 Å². The van der Waals surface area contributed by atoms with Crippen LogP contribution < -0.4 is 0 Å². The monoisotopic (exact) mass is 239 g/mol. The Balaban J connectivity index is 2.13. The number of hydrogen-bond donors (Lipinski definition) is 0. The zero-order valence-corrected chi connectivity index (χ0v) is 10.5. The summed E-state index contributed by atoms with van der Waals surface area (Å²) in [5.74, 6) is 2.12. The summed E-state index contributed by atoms with van der Waals surface area (Å²) in [6.45, 7) is 1.87. The Kier molecular flexibility index (Phi) is 4.10. The minimum atomic E-state index is 0.338. The largest absolute Gasteiger partial charge is 0.225 e. The third-order valence-electron chi connectivity index (χ3n) is 3.21. The van der Waals surface area contributed by atoms with E-state index in [1.807, 2.05) is 6.92 Å². The fourth-order valence-electron chi connectivity index (χ4n) is 2.37. The molecule has 0 spiro atoms. The summed E-state index contributed by atoms with van der Waals surface area (Å²) in [7, 11) is 0. The first-order valence-corrected chi connectivity index (χ1v) is 6.51. The summed E-state index contributed by atoms with van der Waals surface area (Å²) in [6, 6.07) is 0. The summed E-state index contributed by atoms with van der Waals surface area (Å²) < 4.78 is 0. The second kappa shape index (κ2) is 5.58. The van der Waals surface area contributed by atoms with Crippen LogP contribution in [-0.4, -0.2) is 15.0 Å². The van der Waals surface area contributed by atoms with E-state index >= 15 is 0 Å². The molecule has 0 unspecified atom stereocenters. The van der Waals surface area contributed by atoms with Gasteiger partial charge in [0, 0.05) is 5.92 Å². The molecule has 2 rings (SSSR count). The van der Waals surface area contributed by atoms with Crippen molar-refractivity contribution in [2.24, 2.45) is 0 Å². The molecule has 0 N–H and O–H groups in total. The van der Waals surface area contributed by atoms with Crippen LogP contribution in [0.3, 0.4) is 0 Å². The lowest BCUT2D eigenvalue weighted by atomic mass is 9.90. The third-order valence-corrected chi connectivity index (χ3v) is 3.38. The first-order chi connectivity index (χ1) is 7.75. The Bertz CT molecular complexity index is 326. The zero-order valence-electron chi connectivity index (χ0n) is 9.75. The molecule has 16 heavy (non-hydrogen) atoms. The van der Waals surface area contributed by atoms with Gasteiger partial charge in [0.05, 0.1) is 0 Å². The molecule has 4 heteroatoms. The molecule has 88 valence electrons. The van der Waals surface area contributed by atoms with Crippen molar-refractivity contribution in [1.29, 1.82) is 0 Å². The lowest BCUT2D eigenvalue weighted by Crippen LogP contribution is -2.09. The van der Waals surface area contributed by atoms with Crippen LogP contribution in [0.1, 0.15) is 62.5 Å². The van der Waals surface area contributed by atoms with Gasteiger partial charge >= 0.3 is 0 Å². The topological polar surface area (TPSA) is 38.7 Å². The normalized spacial score (nSPS) is 19.1. The molecule has 1 aliphatic rings. The Morgan fingerprint density at radius 2 is 1.56 bits per heavy atom. The fourth-order valence-corrected chi connectivity index (χ4v) is 2.57. The molecule has 1 saturated carbocycles. The van der Waals surface area contributed by atoms with Gasteiger partial charge in [-0.25, -0.2) is 15.0 Å². The molecular weight excluding hydrogens is 222 g/mol. The molecule has 0 amide bonds. The van der Waals surface area contributed by atoms with E-state index < -0.39 is 0 Å². The number of hydrogen-bond acceptors (Lipinski definition) is 3. The molecule has 0 saturated heterocycles. The van der Waals surface area contributed by atoms with Gasteiger partial charge in [-0.3, -0.25) is 0 Å². The SMILES string of the molecule is Cc1nc(Cl)nc(C2CCCCCCC2)n1. The summed E-state index contributed by atoms with van der Waals surface area (Å²) in [4.78, 5) is 12.7. The highest BCUT2D eigenvalue weighted by molar-refractivity contribution is 6.28. The van der Waals surface area contributed by atoms with E-state index in [4.69, 9.17) is 11.6 Å². The summed E-state index contributed by atoms with van der Waals surface area (Å²) in [5.41, 5.74) is 0. The first kappa shape index (κ1) is 11.8. The van der Waals surface area contributed by atoms with Crippen LogP contribution in [0.4, 0.5) is 0 Å². The minimum Gasteiger partial charge on any atom is -0.218 e. The maximum absolute atomic E-state index is 5.88. The highest BCUT2D eigenvalue weighted by Crippen LogP contribution is 2.29. The lowest BCUT2D eigenvalue weighted by Gasteiger charge is -2.18. The second-order valence-corrected chi connectivity index (χ2v) is 4.89. The predicted molar refractivity (Wildman–Crippen MR) is 64.6 cm³/mol. The summed E-state index contributed by atoms with van der Waals surface area (Å²) in [5, 5.41) is 0.338. The van der Waals surface area contributed by atoms with Gasteiger partial charge in [-0.15, -0.1) is 0 Å². The molecule has 1 fully saturated rings. The van der Waals surface area contributed by atoms with Crippen molar-refractivity contribution in [2.75, 3.05) is 0 Å². The van der Waals surface area contributed by atoms with E-state index in [1.54, 1.807) is 0 Å². The van der Waals surface area contributed by atoms with Gasteiger partial charge in [-0.1, -0.05) is 32.1 Å². The number of aryl methyl sites for hydroxylation is 1. The quantitative estimate of drug-likeness (QED) is 0.751. The molecule has 3 nitrogen and oxygen atoms in total. The zero-order chi connectivity index (χ0) is 11.4. The smallest absolute Gasteiger partial charge is 0.218 e. The van der Waals surface area contributed by atoms with Crippen LogP contribution in [0.2, 0.25) is 5.28 Å². The Labute approximate surface area is 102 Å². The molecule has 1 heterocycles. The van der Waals surface area contributed by atoms with Crippen molar-refractivity contribution in [3.05, 3.63) is 16.9 Å². The molecule has 0 atom stereocenters. The Morgan fingerprint density at radius 1 is 0.938 bits per heavy atom. The van der Waals surface area contributed by atoms with Gasteiger partial charge in [0.15, 0.2) is 0 Å². The van der Waals surface area contributed by atoms with Gasteiger partial charge in [0.25, 0.3) is 0 Å². The Morgan fingerprint density at radius 3 is 2.19 bits per heavy atom. The first-order valence-electron chi connectivity index (χ1n) is 6.14. The maximum atomic E-state index is 5.88. The molecule has 0 radical (unpaired) electrons. The summed E-state index contributed by atoms with van der Waals surface area (Å²) in [6.07, 6.45) is 9.02. The van der Waals surface area contributed by atoms with Crippen LogP contribution in [0.25, 0.3) is 0 Å². The molecule has 1 aromatic heterocycles. The number of halogens is 1. The second-order valence-electron chi connectivity index (χ2n) is 4.55. The molecule has 0 aliphatic heterocycles. The van der Waals surface area contributed by atoms with Gasteiger partial charge in [-0.2, -0.15) is 0 Å². The van der Waals surface area contributed by atoms with Crippen LogP contribution in [0.15, 0.2) is 0 Å². The summed E-state index contributed by atoms with van der Waals surface area (Å²) >= 11 is 5.88. The van der Waals surface area contributed by atoms with E-state index in [-0.39, 0.29) is 0 Å². The van der Waals surface area contributed by atoms with Gasteiger partial charge in [-0.05, 0) is 31.4 Å². The van der Waals surface area contributed by atoms with Crippen LogP contribution >= 0.6 is 11.6 Å². The standard InChI is InChI=1S/C12H18ClN3/c1-9-14-11(16-12(13)15-9)10-7-5-3-2-4-6-8-10/h10H,2-8H2,1H3. The fraction of sp³-hybridized carbons (Fsp3) is 0.750. The molecular formula is C12H18ClN3. The van der Waals surface area contributed by atoms with Gasteiger partial charge < -0.3 is 0 Å². The molecule has 0 aromatic carbocycles. The van der Waals surface area contributed by atoms with E-state index in [2.05, 4.69) is 15.0 Å². The van der Waals surface area contributed by atoms with Crippen molar-refractivity contribution < 1.29 is 0 Å². The van der Waals surface area contributed by atoms with E-state index in [1.165, 1.54) is 44.9 Å². The van der Waals surface area contributed by atoms with E-state index in [9.17, 15) is 0 Å². The van der Waals surface area contributed by atoms with Crippen molar-refractivity contribution in [3.8, 4) is 0 Å². The van der Waals surface area contributed by atoms with Crippen LogP contribution in [0, 0.1) is 6.92 Å². The van der Waals surface area contributed by atoms with Crippen molar-refractivity contribution >= 4 is 11.6 Å². The average molecular weight is 240 g/mol. The van der Waals surface area contributed by atoms with Crippen molar-refractivity contribution in [3.63, 3.8) is 0 Å². The van der Waals surface area contributed by atoms with Crippen LogP contribution in [-0.2, 0) is 0 Å².